The number of hydrogen-bond donors (Lipinski definition) is 4. The molecular weight excluding hydrogens is 196 g/mol. The average Bonchev–Trinajstić information content (AvgIpc) is 2.27. The van der Waals surface area contributed by atoms with Crippen LogP contribution in [0.25, 0.3) is 0 Å². The van der Waals surface area contributed by atoms with Crippen molar-refractivity contribution in [2.24, 2.45) is 11.5 Å². The molecule has 0 bridgehead atoms. The van der Waals surface area contributed by atoms with Crippen LogP contribution in [0.15, 0.2) is 0 Å². The third-order valence-electron chi connectivity index (χ3n) is 3.34. The van der Waals surface area contributed by atoms with Crippen molar-refractivity contribution in [3.05, 3.63) is 0 Å². The van der Waals surface area contributed by atoms with Gasteiger partial charge in [0.25, 0.3) is 0 Å². The van der Waals surface area contributed by atoms with E-state index in [0.717, 1.165) is 6.42 Å². The minimum atomic E-state index is -3.06. The van der Waals surface area contributed by atoms with E-state index in [2.05, 4.69) is 0 Å². The molecule has 14 heavy (non-hydrogen) atoms. The Morgan fingerprint density at radius 1 is 1.50 bits per heavy atom. The van der Waals surface area contributed by atoms with Crippen LogP contribution in [-0.4, -0.2) is 29.7 Å². The highest BCUT2D eigenvalue weighted by Crippen LogP contribution is 2.41. The Hall–Kier alpha value is 0.0569. The maximum absolute atomic E-state index is 9.95. The van der Waals surface area contributed by atoms with Gasteiger partial charge in [0.05, 0.1) is 0 Å². The molecule has 0 aliphatic heterocycles. The van der Waals surface area contributed by atoms with Crippen molar-refractivity contribution in [2.75, 3.05) is 0 Å². The van der Waals surface area contributed by atoms with Crippen molar-refractivity contribution in [2.45, 2.75) is 56.3 Å². The summed E-state index contributed by atoms with van der Waals surface area (Å²) >= 11 is 0. The molecule has 0 spiro atoms. The Bertz CT molecular complexity index is 209. The second-order valence-electron chi connectivity index (χ2n) is 4.88. The fraction of sp³-hybridized carbons (Fsp3) is 1.00. The summed E-state index contributed by atoms with van der Waals surface area (Å²) in [4.78, 5) is 19.9. The molecule has 1 rings (SSSR count). The Labute approximate surface area is 86.5 Å². The van der Waals surface area contributed by atoms with Crippen molar-refractivity contribution in [1.82, 2.24) is 0 Å². The molecule has 0 aromatic carbocycles. The SMILES string of the molecule is CCC[Si](O)(O)C1CC(N)C(C)(N)C1. The van der Waals surface area contributed by atoms with E-state index < -0.39 is 14.1 Å². The van der Waals surface area contributed by atoms with Crippen LogP contribution in [0.5, 0.6) is 0 Å². The molecule has 1 saturated carbocycles. The minimum absolute atomic E-state index is 0.0487. The van der Waals surface area contributed by atoms with Gasteiger partial charge in [-0.05, 0) is 25.8 Å². The largest absolute Gasteiger partial charge is 0.410 e. The van der Waals surface area contributed by atoms with Crippen LogP contribution in [0.1, 0.15) is 33.1 Å². The molecule has 4 nitrogen and oxygen atoms in total. The van der Waals surface area contributed by atoms with Gasteiger partial charge in [0, 0.05) is 17.1 Å². The van der Waals surface area contributed by atoms with E-state index in [1.807, 2.05) is 13.8 Å². The lowest BCUT2D eigenvalue weighted by Gasteiger charge is -2.25. The average molecular weight is 218 g/mol. The first-order valence-corrected chi connectivity index (χ1v) is 7.46. The number of rotatable bonds is 3. The van der Waals surface area contributed by atoms with E-state index in [-0.39, 0.29) is 11.6 Å². The lowest BCUT2D eigenvalue weighted by Crippen LogP contribution is -2.48. The lowest BCUT2D eigenvalue weighted by molar-refractivity contribution is 0.331. The molecule has 0 aromatic rings. The van der Waals surface area contributed by atoms with E-state index in [1.54, 1.807) is 0 Å². The Morgan fingerprint density at radius 3 is 2.43 bits per heavy atom. The molecule has 1 aliphatic carbocycles. The fourth-order valence-electron chi connectivity index (χ4n) is 2.27. The molecule has 0 heterocycles. The van der Waals surface area contributed by atoms with Gasteiger partial charge in [-0.1, -0.05) is 13.3 Å². The summed E-state index contributed by atoms with van der Waals surface area (Å²) < 4.78 is 0. The molecule has 0 radical (unpaired) electrons. The highest BCUT2D eigenvalue weighted by molar-refractivity contribution is 6.66. The van der Waals surface area contributed by atoms with E-state index in [1.165, 1.54) is 0 Å². The minimum Gasteiger partial charge on any atom is -0.410 e. The molecule has 1 aliphatic rings. The molecule has 0 aromatic heterocycles. The molecule has 0 saturated heterocycles. The van der Waals surface area contributed by atoms with Crippen LogP contribution >= 0.6 is 0 Å². The van der Waals surface area contributed by atoms with Crippen molar-refractivity contribution in [1.29, 1.82) is 0 Å². The second kappa shape index (κ2) is 3.90. The van der Waals surface area contributed by atoms with Crippen LogP contribution in [-0.2, 0) is 0 Å². The third-order valence-corrected chi connectivity index (χ3v) is 6.33. The summed E-state index contributed by atoms with van der Waals surface area (Å²) in [6, 6.07) is 0.427. The predicted molar refractivity (Wildman–Crippen MR) is 58.8 cm³/mol. The molecule has 6 N–H and O–H groups in total. The van der Waals surface area contributed by atoms with Crippen molar-refractivity contribution in [3.63, 3.8) is 0 Å². The highest BCUT2D eigenvalue weighted by atomic mass is 28.4. The zero-order valence-corrected chi connectivity index (χ0v) is 10.0. The van der Waals surface area contributed by atoms with Crippen LogP contribution < -0.4 is 11.5 Å². The van der Waals surface area contributed by atoms with Gasteiger partial charge in [-0.3, -0.25) is 0 Å². The van der Waals surface area contributed by atoms with Gasteiger partial charge in [-0.2, -0.15) is 0 Å². The predicted octanol–water partition coefficient (Wildman–Crippen LogP) is 0.0319. The van der Waals surface area contributed by atoms with Crippen LogP contribution in [0, 0.1) is 0 Å². The van der Waals surface area contributed by atoms with Crippen LogP contribution in [0.2, 0.25) is 11.6 Å². The molecule has 3 atom stereocenters. The molecule has 0 amide bonds. The first kappa shape index (κ1) is 12.1. The first-order valence-electron chi connectivity index (χ1n) is 5.29. The van der Waals surface area contributed by atoms with Crippen molar-refractivity contribution in [3.8, 4) is 0 Å². The summed E-state index contributed by atoms with van der Waals surface area (Å²) in [6.45, 7) is 3.86. The summed E-state index contributed by atoms with van der Waals surface area (Å²) in [7, 11) is -3.06. The first-order chi connectivity index (χ1) is 6.29. The van der Waals surface area contributed by atoms with Gasteiger partial charge in [0.15, 0.2) is 0 Å². The van der Waals surface area contributed by atoms with Gasteiger partial charge < -0.3 is 21.1 Å². The highest BCUT2D eigenvalue weighted by Gasteiger charge is 2.49. The molecule has 3 unspecified atom stereocenters. The summed E-state index contributed by atoms with van der Waals surface area (Å²) in [5, 5.41) is 0. The Balaban J connectivity index is 2.65. The number of hydrogen-bond acceptors (Lipinski definition) is 4. The van der Waals surface area contributed by atoms with E-state index in [4.69, 9.17) is 11.5 Å². The summed E-state index contributed by atoms with van der Waals surface area (Å²) in [5.74, 6) is 0. The Kier molecular flexibility index (Phi) is 3.38. The van der Waals surface area contributed by atoms with Crippen molar-refractivity contribution >= 4 is 8.56 Å². The van der Waals surface area contributed by atoms with Gasteiger partial charge in [-0.15, -0.1) is 0 Å². The van der Waals surface area contributed by atoms with Crippen molar-refractivity contribution < 1.29 is 9.59 Å². The normalized spacial score (nSPS) is 39.0. The molecule has 5 heteroatoms. The zero-order valence-electron chi connectivity index (χ0n) is 9.03. The Morgan fingerprint density at radius 2 is 2.07 bits per heavy atom. The smallest absolute Gasteiger partial charge is 0.336 e. The van der Waals surface area contributed by atoms with Gasteiger partial charge in [0.2, 0.25) is 0 Å². The quantitative estimate of drug-likeness (QED) is 0.503. The van der Waals surface area contributed by atoms with E-state index in [9.17, 15) is 9.59 Å². The summed E-state index contributed by atoms with van der Waals surface area (Å²) in [6.07, 6.45) is 2.12. The monoisotopic (exact) mass is 218 g/mol. The second-order valence-corrected chi connectivity index (χ2v) is 7.95. The van der Waals surface area contributed by atoms with E-state index in [0.29, 0.717) is 18.9 Å². The van der Waals surface area contributed by atoms with Gasteiger partial charge in [-0.25, -0.2) is 0 Å². The summed E-state index contributed by atoms with van der Waals surface area (Å²) in [5.41, 5.74) is 11.4. The molecule has 1 fully saturated rings. The molecule has 84 valence electrons. The standard InChI is InChI=1S/C9H22N2O2Si/c1-3-4-14(12,13)7-5-8(10)9(2,11)6-7/h7-8,12-13H,3-6,10-11H2,1-2H3. The topological polar surface area (TPSA) is 92.5 Å². The van der Waals surface area contributed by atoms with Crippen LogP contribution in [0.3, 0.4) is 0 Å². The molecular formula is C9H22N2O2Si. The fourth-order valence-corrected chi connectivity index (χ4v) is 4.81. The number of nitrogens with two attached hydrogens (primary N) is 2. The van der Waals surface area contributed by atoms with Gasteiger partial charge in [0.1, 0.15) is 0 Å². The zero-order chi connectivity index (χ0) is 11.0. The lowest BCUT2D eigenvalue weighted by atomic mass is 9.98. The van der Waals surface area contributed by atoms with Gasteiger partial charge >= 0.3 is 8.56 Å². The maximum Gasteiger partial charge on any atom is 0.336 e. The third kappa shape index (κ3) is 2.35. The van der Waals surface area contributed by atoms with E-state index >= 15 is 0 Å². The van der Waals surface area contributed by atoms with Crippen LogP contribution in [0.4, 0.5) is 0 Å². The maximum atomic E-state index is 9.95.